The van der Waals surface area contributed by atoms with E-state index in [2.05, 4.69) is 15.9 Å². The standard InChI is InChI=1S/C15H19BrFNO2/c1-15(14(19)20,18-8-4-2-3-5-9-18)12-7-6-11(17)10-13(12)16/h6-7,10H,2-5,8-9H2,1H3,(H,19,20). The average molecular weight is 344 g/mol. The van der Waals surface area contributed by atoms with Gasteiger partial charge in [-0.2, -0.15) is 0 Å². The Balaban J connectivity index is 2.44. The molecule has 1 aromatic rings. The molecule has 0 spiro atoms. The fourth-order valence-electron chi connectivity index (χ4n) is 2.82. The van der Waals surface area contributed by atoms with Crippen LogP contribution in [0.3, 0.4) is 0 Å². The molecule has 1 atom stereocenters. The number of halogens is 2. The minimum absolute atomic E-state index is 0.371. The number of rotatable bonds is 3. The SMILES string of the molecule is CC(C(=O)O)(c1ccc(F)cc1Br)N1CCCCCC1. The van der Waals surface area contributed by atoms with E-state index in [1.807, 2.05) is 4.90 Å². The second-order valence-corrected chi connectivity index (χ2v) is 6.26. The molecule has 1 saturated heterocycles. The molecule has 2 rings (SSSR count). The first-order valence-corrected chi connectivity index (χ1v) is 7.69. The Morgan fingerprint density at radius 1 is 1.30 bits per heavy atom. The highest BCUT2D eigenvalue weighted by molar-refractivity contribution is 9.10. The van der Waals surface area contributed by atoms with Crippen LogP contribution in [0.15, 0.2) is 22.7 Å². The summed E-state index contributed by atoms with van der Waals surface area (Å²) in [5.41, 5.74) is -0.523. The number of carboxylic acid groups (broad SMARTS) is 1. The zero-order chi connectivity index (χ0) is 14.8. The van der Waals surface area contributed by atoms with Crippen LogP contribution in [-0.2, 0) is 10.3 Å². The van der Waals surface area contributed by atoms with Gasteiger partial charge in [0.05, 0.1) is 0 Å². The molecule has 0 aliphatic carbocycles. The van der Waals surface area contributed by atoms with Gasteiger partial charge >= 0.3 is 5.97 Å². The normalized spacial score (nSPS) is 20.1. The van der Waals surface area contributed by atoms with Crippen LogP contribution in [0, 0.1) is 5.82 Å². The van der Waals surface area contributed by atoms with Crippen LogP contribution in [0.25, 0.3) is 0 Å². The van der Waals surface area contributed by atoms with Crippen molar-refractivity contribution in [2.45, 2.75) is 38.1 Å². The predicted octanol–water partition coefficient (Wildman–Crippen LogP) is 3.76. The third kappa shape index (κ3) is 2.88. The first-order valence-electron chi connectivity index (χ1n) is 6.90. The van der Waals surface area contributed by atoms with Gasteiger partial charge in [0, 0.05) is 4.47 Å². The molecule has 3 nitrogen and oxygen atoms in total. The average Bonchev–Trinajstić information content (AvgIpc) is 2.66. The van der Waals surface area contributed by atoms with Crippen molar-refractivity contribution in [3.63, 3.8) is 0 Å². The van der Waals surface area contributed by atoms with Crippen LogP contribution in [0.4, 0.5) is 4.39 Å². The first kappa shape index (κ1) is 15.4. The summed E-state index contributed by atoms with van der Waals surface area (Å²) < 4.78 is 13.8. The number of carbonyl (C=O) groups is 1. The number of nitrogens with zero attached hydrogens (tertiary/aromatic N) is 1. The Bertz CT molecular complexity index is 501. The van der Waals surface area contributed by atoms with Crippen molar-refractivity contribution in [3.8, 4) is 0 Å². The topological polar surface area (TPSA) is 40.5 Å². The summed E-state index contributed by atoms with van der Waals surface area (Å²) in [6, 6.07) is 4.21. The van der Waals surface area contributed by atoms with Crippen LogP contribution in [0.2, 0.25) is 0 Å². The Kier molecular flexibility index (Phi) is 4.81. The van der Waals surface area contributed by atoms with Crippen LogP contribution in [-0.4, -0.2) is 29.1 Å². The van der Waals surface area contributed by atoms with Gasteiger partial charge in [-0.05, 0) is 50.6 Å². The molecule has 1 fully saturated rings. The number of hydrogen-bond donors (Lipinski definition) is 1. The molecular weight excluding hydrogens is 325 g/mol. The van der Waals surface area contributed by atoms with E-state index in [9.17, 15) is 14.3 Å². The third-order valence-electron chi connectivity index (χ3n) is 4.11. The second-order valence-electron chi connectivity index (χ2n) is 5.40. The van der Waals surface area contributed by atoms with E-state index < -0.39 is 11.5 Å². The van der Waals surface area contributed by atoms with Crippen molar-refractivity contribution in [1.82, 2.24) is 4.90 Å². The maximum absolute atomic E-state index is 13.3. The van der Waals surface area contributed by atoms with Crippen LogP contribution < -0.4 is 0 Å². The molecule has 20 heavy (non-hydrogen) atoms. The lowest BCUT2D eigenvalue weighted by Gasteiger charge is -2.38. The van der Waals surface area contributed by atoms with E-state index in [4.69, 9.17) is 0 Å². The van der Waals surface area contributed by atoms with Gasteiger partial charge in [-0.25, -0.2) is 9.18 Å². The maximum Gasteiger partial charge on any atom is 0.328 e. The summed E-state index contributed by atoms with van der Waals surface area (Å²) in [6.07, 6.45) is 4.27. The predicted molar refractivity (Wildman–Crippen MR) is 79.1 cm³/mol. The number of hydrogen-bond acceptors (Lipinski definition) is 2. The van der Waals surface area contributed by atoms with Crippen LogP contribution in [0.5, 0.6) is 0 Å². The molecular formula is C15H19BrFNO2. The summed E-state index contributed by atoms with van der Waals surface area (Å²) in [4.78, 5) is 13.9. The highest BCUT2D eigenvalue weighted by Gasteiger charge is 2.42. The van der Waals surface area contributed by atoms with Crippen molar-refractivity contribution < 1.29 is 14.3 Å². The zero-order valence-electron chi connectivity index (χ0n) is 11.5. The van der Waals surface area contributed by atoms with E-state index in [0.29, 0.717) is 10.0 Å². The quantitative estimate of drug-likeness (QED) is 0.908. The molecule has 110 valence electrons. The van der Waals surface area contributed by atoms with Gasteiger partial charge in [0.2, 0.25) is 0 Å². The van der Waals surface area contributed by atoms with Gasteiger partial charge in [0.1, 0.15) is 11.4 Å². The molecule has 1 unspecified atom stereocenters. The zero-order valence-corrected chi connectivity index (χ0v) is 13.1. The van der Waals surface area contributed by atoms with Gasteiger partial charge in [-0.15, -0.1) is 0 Å². The molecule has 0 bridgehead atoms. The lowest BCUT2D eigenvalue weighted by Crippen LogP contribution is -2.50. The minimum atomic E-state index is -1.13. The fraction of sp³-hybridized carbons (Fsp3) is 0.533. The lowest BCUT2D eigenvalue weighted by molar-refractivity contribution is -0.151. The molecule has 1 aromatic carbocycles. The van der Waals surface area contributed by atoms with Gasteiger partial charge in [-0.3, -0.25) is 4.90 Å². The molecule has 0 amide bonds. The Labute approximate surface area is 126 Å². The third-order valence-corrected chi connectivity index (χ3v) is 4.77. The van der Waals surface area contributed by atoms with Gasteiger partial charge in [-0.1, -0.05) is 34.8 Å². The number of benzene rings is 1. The summed E-state index contributed by atoms with van der Waals surface area (Å²) in [7, 11) is 0. The highest BCUT2D eigenvalue weighted by atomic mass is 79.9. The molecule has 0 radical (unpaired) electrons. The van der Waals surface area contributed by atoms with E-state index in [-0.39, 0.29) is 5.82 Å². The number of aliphatic carboxylic acids is 1. The molecule has 1 aliphatic rings. The molecule has 1 heterocycles. The Hall–Kier alpha value is -0.940. The summed E-state index contributed by atoms with van der Waals surface area (Å²) in [6.45, 7) is 3.22. The fourth-order valence-corrected chi connectivity index (χ4v) is 3.56. The monoisotopic (exact) mass is 343 g/mol. The van der Waals surface area contributed by atoms with Gasteiger partial charge in [0.15, 0.2) is 0 Å². The van der Waals surface area contributed by atoms with Gasteiger partial charge in [0.25, 0.3) is 0 Å². The van der Waals surface area contributed by atoms with Crippen molar-refractivity contribution >= 4 is 21.9 Å². The van der Waals surface area contributed by atoms with Crippen molar-refractivity contribution in [2.75, 3.05) is 13.1 Å². The molecule has 0 saturated carbocycles. The number of carboxylic acids is 1. The Morgan fingerprint density at radius 2 is 1.90 bits per heavy atom. The molecule has 0 aromatic heterocycles. The smallest absolute Gasteiger partial charge is 0.328 e. The summed E-state index contributed by atoms with van der Waals surface area (Å²) in [5, 5.41) is 9.77. The van der Waals surface area contributed by atoms with Crippen molar-refractivity contribution in [1.29, 1.82) is 0 Å². The van der Waals surface area contributed by atoms with E-state index in [1.165, 1.54) is 12.1 Å². The maximum atomic E-state index is 13.3. The van der Waals surface area contributed by atoms with Crippen LogP contribution in [0.1, 0.15) is 38.2 Å². The molecule has 1 N–H and O–H groups in total. The van der Waals surface area contributed by atoms with Gasteiger partial charge < -0.3 is 5.11 Å². The molecule has 1 aliphatic heterocycles. The largest absolute Gasteiger partial charge is 0.480 e. The number of likely N-dealkylation sites (tertiary alicyclic amines) is 1. The summed E-state index contributed by atoms with van der Waals surface area (Å²) in [5.74, 6) is -1.27. The van der Waals surface area contributed by atoms with Crippen molar-refractivity contribution in [3.05, 3.63) is 34.1 Å². The van der Waals surface area contributed by atoms with E-state index >= 15 is 0 Å². The van der Waals surface area contributed by atoms with E-state index in [1.54, 1.807) is 13.0 Å². The van der Waals surface area contributed by atoms with E-state index in [0.717, 1.165) is 38.8 Å². The Morgan fingerprint density at radius 3 is 2.40 bits per heavy atom. The summed E-state index contributed by atoms with van der Waals surface area (Å²) >= 11 is 3.31. The van der Waals surface area contributed by atoms with Crippen LogP contribution >= 0.6 is 15.9 Å². The highest BCUT2D eigenvalue weighted by Crippen LogP contribution is 2.35. The lowest BCUT2D eigenvalue weighted by atomic mass is 9.89. The minimum Gasteiger partial charge on any atom is -0.480 e. The van der Waals surface area contributed by atoms with Crippen molar-refractivity contribution in [2.24, 2.45) is 0 Å². The first-order chi connectivity index (χ1) is 9.46. The molecule has 5 heteroatoms. The second kappa shape index (κ2) is 6.22.